The van der Waals surface area contributed by atoms with Gasteiger partial charge in [0.2, 0.25) is 0 Å². The van der Waals surface area contributed by atoms with Gasteiger partial charge >= 0.3 is 0 Å². The molecule has 1 aliphatic heterocycles. The van der Waals surface area contributed by atoms with Crippen molar-refractivity contribution in [2.24, 2.45) is 0 Å². The molecule has 2 nitrogen and oxygen atoms in total. The van der Waals surface area contributed by atoms with E-state index in [9.17, 15) is 0 Å². The van der Waals surface area contributed by atoms with Crippen LogP contribution >= 0.6 is 12.6 Å². The van der Waals surface area contributed by atoms with Crippen LogP contribution in [0.3, 0.4) is 0 Å². The lowest BCUT2D eigenvalue weighted by Gasteiger charge is -2.10. The van der Waals surface area contributed by atoms with Crippen LogP contribution in [0.5, 0.6) is 5.75 Å². The van der Waals surface area contributed by atoms with Crippen molar-refractivity contribution in [2.75, 3.05) is 13.2 Å². The first kappa shape index (κ1) is 9.87. The lowest BCUT2D eigenvalue weighted by molar-refractivity contribution is 0.0682. The first-order chi connectivity index (χ1) is 6.84. The number of rotatable bonds is 3. The predicted molar refractivity (Wildman–Crippen MR) is 59.1 cm³/mol. The van der Waals surface area contributed by atoms with Crippen molar-refractivity contribution in [3.8, 4) is 5.75 Å². The molecule has 3 heteroatoms. The first-order valence-electron chi connectivity index (χ1n) is 4.82. The van der Waals surface area contributed by atoms with E-state index in [1.54, 1.807) is 0 Å². The normalized spacial score (nSPS) is 26.4. The Hall–Kier alpha value is -0.670. The number of hydrogen-bond donors (Lipinski definition) is 1. The molecule has 1 saturated heterocycles. The second-order valence-corrected chi connectivity index (χ2v) is 4.20. The molecule has 0 aromatic heterocycles. The van der Waals surface area contributed by atoms with Crippen molar-refractivity contribution in [3.05, 3.63) is 30.3 Å². The van der Waals surface area contributed by atoms with Gasteiger partial charge in [-0.2, -0.15) is 12.6 Å². The SMILES string of the molecule is S[C@@H]1CO[C@@H](COc2ccccc2)C1. The molecule has 0 saturated carbocycles. The van der Waals surface area contributed by atoms with Gasteiger partial charge in [0.15, 0.2) is 0 Å². The molecule has 0 radical (unpaired) electrons. The van der Waals surface area contributed by atoms with Gasteiger partial charge in [0.05, 0.1) is 12.7 Å². The minimum absolute atomic E-state index is 0.206. The fourth-order valence-corrected chi connectivity index (χ4v) is 1.83. The molecule has 0 spiro atoms. The van der Waals surface area contributed by atoms with Crippen molar-refractivity contribution in [1.82, 2.24) is 0 Å². The molecule has 1 aromatic rings. The number of para-hydroxylation sites is 1. The maximum atomic E-state index is 5.58. The van der Waals surface area contributed by atoms with E-state index in [0.717, 1.165) is 18.8 Å². The summed E-state index contributed by atoms with van der Waals surface area (Å²) in [6.45, 7) is 1.37. The lowest BCUT2D eigenvalue weighted by Crippen LogP contribution is -2.16. The van der Waals surface area contributed by atoms with Crippen molar-refractivity contribution < 1.29 is 9.47 Å². The summed E-state index contributed by atoms with van der Waals surface area (Å²) in [5.74, 6) is 0.902. The van der Waals surface area contributed by atoms with E-state index >= 15 is 0 Å². The molecule has 0 N–H and O–H groups in total. The van der Waals surface area contributed by atoms with Crippen LogP contribution in [0.25, 0.3) is 0 Å². The molecule has 2 rings (SSSR count). The zero-order chi connectivity index (χ0) is 9.80. The summed E-state index contributed by atoms with van der Waals surface area (Å²) in [6.07, 6.45) is 1.19. The highest BCUT2D eigenvalue weighted by molar-refractivity contribution is 7.81. The van der Waals surface area contributed by atoms with Crippen molar-refractivity contribution in [2.45, 2.75) is 17.8 Å². The van der Waals surface area contributed by atoms with E-state index < -0.39 is 0 Å². The van der Waals surface area contributed by atoms with Crippen molar-refractivity contribution in [1.29, 1.82) is 0 Å². The molecule has 1 aromatic carbocycles. The van der Waals surface area contributed by atoms with Crippen LogP contribution in [0.2, 0.25) is 0 Å². The number of hydrogen-bond acceptors (Lipinski definition) is 3. The molecular formula is C11H14O2S. The highest BCUT2D eigenvalue weighted by Gasteiger charge is 2.22. The molecule has 14 heavy (non-hydrogen) atoms. The topological polar surface area (TPSA) is 18.5 Å². The molecule has 76 valence electrons. The van der Waals surface area contributed by atoms with Gasteiger partial charge in [-0.15, -0.1) is 0 Å². The summed E-state index contributed by atoms with van der Waals surface area (Å²) in [5.41, 5.74) is 0. The number of benzene rings is 1. The molecular weight excluding hydrogens is 196 g/mol. The Bertz CT molecular complexity index is 276. The smallest absolute Gasteiger partial charge is 0.119 e. The standard InChI is InChI=1S/C11H14O2S/c14-11-6-10(13-8-11)7-12-9-4-2-1-3-5-9/h1-5,10-11,14H,6-8H2/t10-,11+/m1/s1. The number of thiol groups is 1. The summed E-state index contributed by atoms with van der Waals surface area (Å²) in [5, 5.41) is 0.374. The van der Waals surface area contributed by atoms with Gasteiger partial charge in [-0.1, -0.05) is 18.2 Å². The van der Waals surface area contributed by atoms with Crippen LogP contribution in [-0.4, -0.2) is 24.6 Å². The van der Waals surface area contributed by atoms with Gasteiger partial charge < -0.3 is 9.47 Å². The average molecular weight is 210 g/mol. The van der Waals surface area contributed by atoms with Crippen LogP contribution in [0.1, 0.15) is 6.42 Å². The van der Waals surface area contributed by atoms with Crippen LogP contribution in [0, 0.1) is 0 Å². The van der Waals surface area contributed by atoms with Gasteiger partial charge in [-0.25, -0.2) is 0 Å². The van der Waals surface area contributed by atoms with E-state index in [0.29, 0.717) is 11.9 Å². The van der Waals surface area contributed by atoms with Crippen LogP contribution in [0.15, 0.2) is 30.3 Å². The molecule has 1 heterocycles. The molecule has 0 unspecified atom stereocenters. The molecule has 0 amide bonds. The maximum absolute atomic E-state index is 5.58. The summed E-state index contributed by atoms with van der Waals surface area (Å²) in [6, 6.07) is 9.81. The summed E-state index contributed by atoms with van der Waals surface area (Å²) >= 11 is 4.35. The number of ether oxygens (including phenoxy) is 2. The zero-order valence-corrected chi connectivity index (χ0v) is 8.82. The van der Waals surface area contributed by atoms with Gasteiger partial charge in [0.25, 0.3) is 0 Å². The Labute approximate surface area is 89.6 Å². The Morgan fingerprint density at radius 2 is 2.14 bits per heavy atom. The summed E-state index contributed by atoms with van der Waals surface area (Å²) < 4.78 is 11.1. The summed E-state index contributed by atoms with van der Waals surface area (Å²) in [7, 11) is 0. The van der Waals surface area contributed by atoms with Crippen LogP contribution in [0.4, 0.5) is 0 Å². The second kappa shape index (κ2) is 4.71. The average Bonchev–Trinajstić information content (AvgIpc) is 2.63. The molecule has 0 aliphatic carbocycles. The highest BCUT2D eigenvalue weighted by atomic mass is 32.1. The fourth-order valence-electron chi connectivity index (χ4n) is 1.51. The van der Waals surface area contributed by atoms with Crippen LogP contribution in [-0.2, 0) is 4.74 Å². The van der Waals surface area contributed by atoms with Crippen LogP contribution < -0.4 is 4.74 Å². The third-order valence-electron chi connectivity index (χ3n) is 2.24. The second-order valence-electron chi connectivity index (χ2n) is 3.47. The van der Waals surface area contributed by atoms with Gasteiger partial charge in [0, 0.05) is 5.25 Å². The third kappa shape index (κ3) is 2.66. The third-order valence-corrected chi connectivity index (χ3v) is 2.60. The van der Waals surface area contributed by atoms with Crippen molar-refractivity contribution >= 4 is 12.6 Å². The minimum Gasteiger partial charge on any atom is -0.491 e. The lowest BCUT2D eigenvalue weighted by atomic mass is 10.2. The highest BCUT2D eigenvalue weighted by Crippen LogP contribution is 2.19. The predicted octanol–water partition coefficient (Wildman–Crippen LogP) is 2.15. The molecule has 1 aliphatic rings. The molecule has 2 atom stereocenters. The summed E-state index contributed by atoms with van der Waals surface area (Å²) in [4.78, 5) is 0. The Morgan fingerprint density at radius 3 is 2.79 bits per heavy atom. The fraction of sp³-hybridized carbons (Fsp3) is 0.455. The Kier molecular flexibility index (Phi) is 3.32. The molecule has 1 fully saturated rings. The van der Waals surface area contributed by atoms with E-state index in [4.69, 9.17) is 9.47 Å². The van der Waals surface area contributed by atoms with Gasteiger partial charge in [-0.3, -0.25) is 0 Å². The quantitative estimate of drug-likeness (QED) is 0.771. The van der Waals surface area contributed by atoms with Gasteiger partial charge in [-0.05, 0) is 18.6 Å². The monoisotopic (exact) mass is 210 g/mol. The van der Waals surface area contributed by atoms with Gasteiger partial charge in [0.1, 0.15) is 12.4 Å². The van der Waals surface area contributed by atoms with E-state index in [-0.39, 0.29) is 6.10 Å². The first-order valence-corrected chi connectivity index (χ1v) is 5.34. The van der Waals surface area contributed by atoms with E-state index in [1.165, 1.54) is 0 Å². The van der Waals surface area contributed by atoms with E-state index in [2.05, 4.69) is 12.6 Å². The van der Waals surface area contributed by atoms with Crippen molar-refractivity contribution in [3.63, 3.8) is 0 Å². The largest absolute Gasteiger partial charge is 0.491 e. The van der Waals surface area contributed by atoms with E-state index in [1.807, 2.05) is 30.3 Å². The Balaban J connectivity index is 1.78. The zero-order valence-electron chi connectivity index (χ0n) is 7.93. The minimum atomic E-state index is 0.206. The Morgan fingerprint density at radius 1 is 1.36 bits per heavy atom. The molecule has 0 bridgehead atoms. The maximum Gasteiger partial charge on any atom is 0.119 e.